The molecule has 0 fully saturated rings. The molecule has 0 aliphatic rings. The molecule has 0 saturated carbocycles. The molecule has 19 heavy (non-hydrogen) atoms. The Bertz CT molecular complexity index is 406. The van der Waals surface area contributed by atoms with E-state index in [-0.39, 0.29) is 11.9 Å². The second-order valence-electron chi connectivity index (χ2n) is 4.09. The van der Waals surface area contributed by atoms with Crippen LogP contribution in [0.3, 0.4) is 0 Å². The summed E-state index contributed by atoms with van der Waals surface area (Å²) in [6, 6.07) is 8.48. The van der Waals surface area contributed by atoms with E-state index in [1.807, 2.05) is 30.3 Å². The van der Waals surface area contributed by atoms with Crippen LogP contribution < -0.4 is 11.1 Å². The van der Waals surface area contributed by atoms with Gasteiger partial charge in [-0.25, -0.2) is 0 Å². The lowest BCUT2D eigenvalue weighted by Gasteiger charge is -2.12. The number of nitrogens with two attached hydrogens (primary N) is 1. The van der Waals surface area contributed by atoms with Crippen LogP contribution in [0.25, 0.3) is 0 Å². The zero-order valence-electron chi connectivity index (χ0n) is 11.1. The minimum absolute atomic E-state index is 0.241. The van der Waals surface area contributed by atoms with E-state index in [2.05, 4.69) is 5.32 Å². The molecule has 0 radical (unpaired) electrons. The number of esters is 1. The fourth-order valence-electron chi connectivity index (χ4n) is 1.60. The molecule has 1 rings (SSSR count). The second kappa shape index (κ2) is 8.26. The van der Waals surface area contributed by atoms with Gasteiger partial charge < -0.3 is 15.8 Å². The number of amides is 1. The maximum absolute atomic E-state index is 11.8. The molecule has 5 heteroatoms. The number of hydrogen-bond donors (Lipinski definition) is 2. The van der Waals surface area contributed by atoms with Crippen LogP contribution in [0, 0.1) is 0 Å². The molecule has 0 aliphatic carbocycles. The van der Waals surface area contributed by atoms with Crippen molar-refractivity contribution in [2.24, 2.45) is 5.73 Å². The van der Waals surface area contributed by atoms with E-state index < -0.39 is 6.04 Å². The monoisotopic (exact) mass is 264 g/mol. The van der Waals surface area contributed by atoms with Crippen LogP contribution >= 0.6 is 0 Å². The van der Waals surface area contributed by atoms with Gasteiger partial charge in [-0.3, -0.25) is 9.59 Å². The summed E-state index contributed by atoms with van der Waals surface area (Å²) in [6.45, 7) is 2.56. The zero-order valence-corrected chi connectivity index (χ0v) is 11.1. The van der Waals surface area contributed by atoms with E-state index >= 15 is 0 Å². The van der Waals surface area contributed by atoms with Crippen LogP contribution in [-0.2, 0) is 14.3 Å². The highest BCUT2D eigenvalue weighted by molar-refractivity contribution is 5.82. The predicted octanol–water partition coefficient (Wildman–Crippen LogP) is 1.15. The number of rotatable bonds is 7. The quantitative estimate of drug-likeness (QED) is 0.571. The van der Waals surface area contributed by atoms with Gasteiger partial charge in [0.2, 0.25) is 5.91 Å². The Labute approximate surface area is 113 Å². The minimum Gasteiger partial charge on any atom is -0.466 e. The fraction of sp³-hybridized carbons (Fsp3) is 0.429. The van der Waals surface area contributed by atoms with Crippen LogP contribution in [0.2, 0.25) is 0 Å². The van der Waals surface area contributed by atoms with Gasteiger partial charge in [0, 0.05) is 13.0 Å². The van der Waals surface area contributed by atoms with E-state index in [4.69, 9.17) is 10.5 Å². The molecular formula is C14H20N2O3. The first kappa shape index (κ1) is 15.2. The molecule has 0 spiro atoms. The third-order valence-electron chi connectivity index (χ3n) is 2.60. The highest BCUT2D eigenvalue weighted by Gasteiger charge is 2.14. The summed E-state index contributed by atoms with van der Waals surface area (Å²) in [6.07, 6.45) is 0.848. The molecule has 1 aromatic rings. The lowest BCUT2D eigenvalue weighted by atomic mass is 10.1. The summed E-state index contributed by atoms with van der Waals surface area (Å²) < 4.78 is 4.79. The Morgan fingerprint density at radius 3 is 2.63 bits per heavy atom. The Morgan fingerprint density at radius 1 is 1.32 bits per heavy atom. The Morgan fingerprint density at radius 2 is 2.00 bits per heavy atom. The first-order chi connectivity index (χ1) is 9.15. The molecule has 0 bridgehead atoms. The van der Waals surface area contributed by atoms with Crippen molar-refractivity contribution in [1.82, 2.24) is 5.32 Å². The highest BCUT2D eigenvalue weighted by atomic mass is 16.5. The molecule has 0 aliphatic heterocycles. The molecule has 1 amide bonds. The summed E-state index contributed by atoms with van der Waals surface area (Å²) in [4.78, 5) is 22.8. The van der Waals surface area contributed by atoms with Gasteiger partial charge in [-0.2, -0.15) is 0 Å². The van der Waals surface area contributed by atoms with Gasteiger partial charge in [-0.05, 0) is 18.9 Å². The van der Waals surface area contributed by atoms with Crippen molar-refractivity contribution in [2.45, 2.75) is 25.8 Å². The van der Waals surface area contributed by atoms with E-state index in [0.29, 0.717) is 26.0 Å². The molecule has 0 heterocycles. The Balaban J connectivity index is 2.26. The van der Waals surface area contributed by atoms with Crippen LogP contribution in [0.1, 0.15) is 31.4 Å². The molecule has 0 saturated heterocycles. The third kappa shape index (κ3) is 5.52. The summed E-state index contributed by atoms with van der Waals surface area (Å²) in [5, 5.41) is 2.71. The standard InChI is InChI=1S/C14H20N2O3/c1-2-19-12(17)9-6-10-16-14(18)13(15)11-7-4-3-5-8-11/h3-5,7-8,13H,2,6,9-10,15H2,1H3,(H,16,18)/t13-/m0/s1. The van der Waals surface area contributed by atoms with Crippen molar-refractivity contribution in [3.8, 4) is 0 Å². The number of ether oxygens (including phenoxy) is 1. The van der Waals surface area contributed by atoms with E-state index in [1.165, 1.54) is 0 Å². The van der Waals surface area contributed by atoms with Crippen molar-refractivity contribution in [3.05, 3.63) is 35.9 Å². The SMILES string of the molecule is CCOC(=O)CCCNC(=O)[C@@H](N)c1ccccc1. The van der Waals surface area contributed by atoms with E-state index in [0.717, 1.165) is 5.56 Å². The molecule has 1 atom stereocenters. The van der Waals surface area contributed by atoms with Gasteiger partial charge >= 0.3 is 5.97 Å². The van der Waals surface area contributed by atoms with Crippen LogP contribution in [-0.4, -0.2) is 25.0 Å². The average molecular weight is 264 g/mol. The number of carbonyl (C=O) groups is 2. The smallest absolute Gasteiger partial charge is 0.305 e. The first-order valence-electron chi connectivity index (χ1n) is 6.39. The van der Waals surface area contributed by atoms with Crippen molar-refractivity contribution >= 4 is 11.9 Å². The van der Waals surface area contributed by atoms with Crippen molar-refractivity contribution in [1.29, 1.82) is 0 Å². The van der Waals surface area contributed by atoms with Crippen LogP contribution in [0.5, 0.6) is 0 Å². The van der Waals surface area contributed by atoms with Crippen molar-refractivity contribution in [3.63, 3.8) is 0 Å². The fourth-order valence-corrected chi connectivity index (χ4v) is 1.60. The van der Waals surface area contributed by atoms with Gasteiger partial charge in [0.05, 0.1) is 6.61 Å². The number of benzene rings is 1. The first-order valence-corrected chi connectivity index (χ1v) is 6.39. The zero-order chi connectivity index (χ0) is 14.1. The van der Waals surface area contributed by atoms with E-state index in [9.17, 15) is 9.59 Å². The number of nitrogens with one attached hydrogen (secondary N) is 1. The van der Waals surface area contributed by atoms with Gasteiger partial charge in [0.1, 0.15) is 6.04 Å². The van der Waals surface area contributed by atoms with Gasteiger partial charge in [0.25, 0.3) is 0 Å². The molecule has 104 valence electrons. The lowest BCUT2D eigenvalue weighted by Crippen LogP contribution is -2.34. The largest absolute Gasteiger partial charge is 0.466 e. The summed E-state index contributed by atoms with van der Waals surface area (Å²) in [7, 11) is 0. The highest BCUT2D eigenvalue weighted by Crippen LogP contribution is 2.09. The van der Waals surface area contributed by atoms with Crippen molar-refractivity contribution in [2.75, 3.05) is 13.2 Å². The minimum atomic E-state index is -0.677. The Hall–Kier alpha value is -1.88. The van der Waals surface area contributed by atoms with Crippen molar-refractivity contribution < 1.29 is 14.3 Å². The van der Waals surface area contributed by atoms with Crippen LogP contribution in [0.15, 0.2) is 30.3 Å². The summed E-state index contributed by atoms with van der Waals surface area (Å²) >= 11 is 0. The van der Waals surface area contributed by atoms with Crippen LogP contribution in [0.4, 0.5) is 0 Å². The molecule has 0 unspecified atom stereocenters. The molecular weight excluding hydrogens is 244 g/mol. The lowest BCUT2D eigenvalue weighted by molar-refractivity contribution is -0.143. The maximum atomic E-state index is 11.8. The number of hydrogen-bond acceptors (Lipinski definition) is 4. The summed E-state index contributed by atoms with van der Waals surface area (Å²) in [5.74, 6) is -0.487. The van der Waals surface area contributed by atoms with Gasteiger partial charge in [-0.1, -0.05) is 30.3 Å². The summed E-state index contributed by atoms with van der Waals surface area (Å²) in [5.41, 5.74) is 6.59. The predicted molar refractivity (Wildman–Crippen MR) is 72.2 cm³/mol. The van der Waals surface area contributed by atoms with Gasteiger partial charge in [-0.15, -0.1) is 0 Å². The maximum Gasteiger partial charge on any atom is 0.305 e. The normalized spacial score (nSPS) is 11.7. The topological polar surface area (TPSA) is 81.4 Å². The average Bonchev–Trinajstić information content (AvgIpc) is 2.44. The second-order valence-corrected chi connectivity index (χ2v) is 4.09. The number of carbonyl (C=O) groups excluding carboxylic acids is 2. The molecule has 0 aromatic heterocycles. The third-order valence-corrected chi connectivity index (χ3v) is 2.60. The molecule has 1 aromatic carbocycles. The Kier molecular flexibility index (Phi) is 6.60. The molecule has 3 N–H and O–H groups in total. The van der Waals surface area contributed by atoms with Gasteiger partial charge in [0.15, 0.2) is 0 Å². The van der Waals surface area contributed by atoms with E-state index in [1.54, 1.807) is 6.92 Å². The molecule has 5 nitrogen and oxygen atoms in total.